The first-order chi connectivity index (χ1) is 18.2. The minimum atomic E-state index is -3.39. The summed E-state index contributed by atoms with van der Waals surface area (Å²) < 4.78 is 26.6. The Kier molecular flexibility index (Phi) is 7.51. The van der Waals surface area contributed by atoms with Gasteiger partial charge < -0.3 is 15.1 Å². The van der Waals surface area contributed by atoms with Gasteiger partial charge in [0.2, 0.25) is 21.8 Å². The summed E-state index contributed by atoms with van der Waals surface area (Å²) in [4.78, 5) is 31.1. The molecule has 0 radical (unpaired) electrons. The molecule has 5 rings (SSSR count). The predicted octanol–water partition coefficient (Wildman–Crippen LogP) is 2.40. The van der Waals surface area contributed by atoms with Crippen LogP contribution in [0.25, 0.3) is 0 Å². The summed E-state index contributed by atoms with van der Waals surface area (Å²) in [5.41, 5.74) is 2.51. The van der Waals surface area contributed by atoms with Crippen molar-refractivity contribution < 1.29 is 18.0 Å². The second-order valence-electron chi connectivity index (χ2n) is 11.2. The Morgan fingerprint density at radius 3 is 2.26 bits per heavy atom. The molecule has 3 aliphatic heterocycles. The summed E-state index contributed by atoms with van der Waals surface area (Å²) in [6.07, 6.45) is 4.67. The summed E-state index contributed by atoms with van der Waals surface area (Å²) in [5.74, 6) is -0.163. The van der Waals surface area contributed by atoms with E-state index in [-0.39, 0.29) is 23.1 Å². The Morgan fingerprint density at radius 1 is 0.974 bits per heavy atom. The molecule has 3 aliphatic rings. The number of nitrogens with one attached hydrogen (secondary N) is 1. The zero-order valence-electron chi connectivity index (χ0n) is 22.3. The highest BCUT2D eigenvalue weighted by molar-refractivity contribution is 7.92. The highest BCUT2D eigenvalue weighted by atomic mass is 32.2. The maximum atomic E-state index is 13.8. The number of benzene rings is 2. The van der Waals surface area contributed by atoms with Crippen LogP contribution in [0.1, 0.15) is 36.8 Å². The van der Waals surface area contributed by atoms with Crippen molar-refractivity contribution in [3.63, 3.8) is 0 Å². The van der Waals surface area contributed by atoms with E-state index in [4.69, 9.17) is 0 Å². The smallest absolute Gasteiger partial charge is 0.245 e. The lowest BCUT2D eigenvalue weighted by atomic mass is 9.74. The molecule has 2 amide bonds. The lowest BCUT2D eigenvalue weighted by Gasteiger charge is -2.41. The Labute approximate surface area is 226 Å². The standard InChI is InChI=1S/C29H38N4O4S/c1-31-16-12-23(13-17-31)27(34)30-25(20-22-8-4-3-5-9-22)28(35)32-18-14-29(15-19-32)21-33(38(2,36)37)26-11-7-6-10-24(26)29/h3-11,23,25H,12-21H2,1-2H3,(H,30,34)/t25-/m1/s1. The van der Waals surface area contributed by atoms with E-state index in [2.05, 4.69) is 17.3 Å². The van der Waals surface area contributed by atoms with Gasteiger partial charge in [-0.25, -0.2) is 8.42 Å². The zero-order valence-corrected chi connectivity index (χ0v) is 23.1. The molecule has 1 atom stereocenters. The molecular formula is C29H38N4O4S. The number of likely N-dealkylation sites (tertiary alicyclic amines) is 2. The third-order valence-corrected chi connectivity index (χ3v) is 9.74. The zero-order chi connectivity index (χ0) is 26.9. The van der Waals surface area contributed by atoms with Crippen LogP contribution in [0.4, 0.5) is 5.69 Å². The van der Waals surface area contributed by atoms with Gasteiger partial charge in [0.15, 0.2) is 0 Å². The van der Waals surface area contributed by atoms with E-state index in [0.717, 1.165) is 42.7 Å². The van der Waals surface area contributed by atoms with Crippen LogP contribution in [-0.2, 0) is 31.4 Å². The third kappa shape index (κ3) is 5.45. The first kappa shape index (κ1) is 26.7. The average molecular weight is 539 g/mol. The van der Waals surface area contributed by atoms with E-state index in [9.17, 15) is 18.0 Å². The second kappa shape index (κ2) is 10.7. The normalized spacial score (nSPS) is 20.8. The maximum absolute atomic E-state index is 13.8. The molecule has 2 aromatic carbocycles. The molecule has 0 unspecified atom stereocenters. The summed E-state index contributed by atoms with van der Waals surface area (Å²) in [6.45, 7) is 3.24. The van der Waals surface area contributed by atoms with Crippen molar-refractivity contribution in [2.75, 3.05) is 50.3 Å². The van der Waals surface area contributed by atoms with Crippen LogP contribution < -0.4 is 9.62 Å². The van der Waals surface area contributed by atoms with Crippen LogP contribution in [0.15, 0.2) is 54.6 Å². The van der Waals surface area contributed by atoms with Gasteiger partial charge in [0.05, 0.1) is 11.9 Å². The highest BCUT2D eigenvalue weighted by Gasteiger charge is 2.48. The van der Waals surface area contributed by atoms with Gasteiger partial charge in [0, 0.05) is 37.4 Å². The van der Waals surface area contributed by atoms with Crippen molar-refractivity contribution >= 4 is 27.5 Å². The molecule has 3 heterocycles. The first-order valence-electron chi connectivity index (χ1n) is 13.6. The topological polar surface area (TPSA) is 90.0 Å². The molecule has 9 heteroatoms. The number of nitrogens with zero attached hydrogens (tertiary/aromatic N) is 3. The lowest BCUT2D eigenvalue weighted by molar-refractivity contribution is -0.139. The molecule has 0 bridgehead atoms. The third-order valence-electron chi connectivity index (χ3n) is 8.61. The molecule has 204 valence electrons. The van der Waals surface area contributed by atoms with Gasteiger partial charge in [-0.3, -0.25) is 13.9 Å². The number of para-hydroxylation sites is 1. The molecule has 2 fully saturated rings. The Balaban J connectivity index is 1.31. The number of fused-ring (bicyclic) bond motifs is 2. The van der Waals surface area contributed by atoms with Gasteiger partial charge >= 0.3 is 0 Å². The minimum absolute atomic E-state index is 0.0330. The van der Waals surface area contributed by atoms with Crippen molar-refractivity contribution in [1.82, 2.24) is 15.1 Å². The van der Waals surface area contributed by atoms with Crippen molar-refractivity contribution in [3.8, 4) is 0 Å². The second-order valence-corrected chi connectivity index (χ2v) is 13.1. The molecule has 0 aliphatic carbocycles. The Morgan fingerprint density at radius 2 is 1.61 bits per heavy atom. The number of carbonyl (C=O) groups excluding carboxylic acids is 2. The van der Waals surface area contributed by atoms with Crippen LogP contribution >= 0.6 is 0 Å². The fourth-order valence-corrected chi connectivity index (χ4v) is 7.29. The van der Waals surface area contributed by atoms with E-state index in [1.807, 2.05) is 59.5 Å². The van der Waals surface area contributed by atoms with Crippen LogP contribution in [0.5, 0.6) is 0 Å². The lowest BCUT2D eigenvalue weighted by Crippen LogP contribution is -2.55. The minimum Gasteiger partial charge on any atom is -0.344 e. The van der Waals surface area contributed by atoms with Gasteiger partial charge in [0.25, 0.3) is 0 Å². The molecule has 0 saturated carbocycles. The van der Waals surface area contributed by atoms with Gasteiger partial charge in [-0.05, 0) is 63.0 Å². The molecule has 1 spiro atoms. The number of sulfonamides is 1. The summed E-state index contributed by atoms with van der Waals surface area (Å²) >= 11 is 0. The number of rotatable bonds is 6. The summed E-state index contributed by atoms with van der Waals surface area (Å²) in [7, 11) is -1.33. The molecule has 2 saturated heterocycles. The van der Waals surface area contributed by atoms with Gasteiger partial charge in [-0.1, -0.05) is 48.5 Å². The van der Waals surface area contributed by atoms with E-state index >= 15 is 0 Å². The van der Waals surface area contributed by atoms with E-state index in [0.29, 0.717) is 38.9 Å². The summed E-state index contributed by atoms with van der Waals surface area (Å²) in [6, 6.07) is 16.9. The molecule has 8 nitrogen and oxygen atoms in total. The van der Waals surface area contributed by atoms with Crippen LogP contribution in [0.2, 0.25) is 0 Å². The quantitative estimate of drug-likeness (QED) is 0.610. The highest BCUT2D eigenvalue weighted by Crippen LogP contribution is 2.47. The van der Waals surface area contributed by atoms with Crippen LogP contribution in [0, 0.1) is 5.92 Å². The number of anilines is 1. The number of hydrogen-bond donors (Lipinski definition) is 1. The monoisotopic (exact) mass is 538 g/mol. The van der Waals surface area contributed by atoms with Crippen LogP contribution in [-0.4, -0.2) is 82.1 Å². The maximum Gasteiger partial charge on any atom is 0.245 e. The van der Waals surface area contributed by atoms with Crippen molar-refractivity contribution in [3.05, 3.63) is 65.7 Å². The fraction of sp³-hybridized carbons (Fsp3) is 0.517. The SMILES string of the molecule is CN1CCC(C(=O)N[C@H](Cc2ccccc2)C(=O)N2CCC3(CC2)CN(S(C)(=O)=O)c2ccccc23)CC1. The predicted molar refractivity (Wildman–Crippen MR) is 148 cm³/mol. The van der Waals surface area contributed by atoms with E-state index < -0.39 is 16.1 Å². The number of carbonyl (C=O) groups is 2. The number of piperidine rings is 2. The van der Waals surface area contributed by atoms with Gasteiger partial charge in [0.1, 0.15) is 6.04 Å². The molecule has 38 heavy (non-hydrogen) atoms. The van der Waals surface area contributed by atoms with Crippen molar-refractivity contribution in [1.29, 1.82) is 0 Å². The van der Waals surface area contributed by atoms with Gasteiger partial charge in [-0.2, -0.15) is 0 Å². The van der Waals surface area contributed by atoms with Crippen LogP contribution in [0.3, 0.4) is 0 Å². The summed E-state index contributed by atoms with van der Waals surface area (Å²) in [5, 5.41) is 3.11. The molecule has 1 N–H and O–H groups in total. The Bertz CT molecular complexity index is 1270. The fourth-order valence-electron chi connectivity index (χ4n) is 6.29. The first-order valence-corrected chi connectivity index (χ1v) is 15.4. The molecule has 0 aromatic heterocycles. The molecular weight excluding hydrogens is 500 g/mol. The van der Waals surface area contributed by atoms with Crippen molar-refractivity contribution in [2.24, 2.45) is 5.92 Å². The average Bonchev–Trinajstić information content (AvgIpc) is 3.24. The van der Waals surface area contributed by atoms with E-state index in [1.54, 1.807) is 0 Å². The van der Waals surface area contributed by atoms with Crippen molar-refractivity contribution in [2.45, 2.75) is 43.6 Å². The number of hydrogen-bond acceptors (Lipinski definition) is 5. The Hall–Kier alpha value is -2.91. The van der Waals surface area contributed by atoms with Gasteiger partial charge in [-0.15, -0.1) is 0 Å². The largest absolute Gasteiger partial charge is 0.344 e. The molecule has 2 aromatic rings. The number of amides is 2. The van der Waals surface area contributed by atoms with E-state index in [1.165, 1.54) is 10.6 Å².